The molecule has 1 aromatic heterocycles. The lowest BCUT2D eigenvalue weighted by Crippen LogP contribution is -2.03. The second-order valence-corrected chi connectivity index (χ2v) is 16.4. The molecular formula is C59H45NO. The predicted octanol–water partition coefficient (Wildman–Crippen LogP) is 16.5. The van der Waals surface area contributed by atoms with E-state index in [1.54, 1.807) is 0 Å². The summed E-state index contributed by atoms with van der Waals surface area (Å²) in [6.07, 6.45) is 5.20. The van der Waals surface area contributed by atoms with Crippen LogP contribution in [0.3, 0.4) is 0 Å². The summed E-state index contributed by atoms with van der Waals surface area (Å²) in [6.45, 7) is 4.65. The Balaban J connectivity index is 1.14. The highest BCUT2D eigenvalue weighted by atomic mass is 16.3. The fourth-order valence-electron chi connectivity index (χ4n) is 9.88. The Morgan fingerprint density at radius 3 is 1.90 bits per heavy atom. The van der Waals surface area contributed by atoms with Crippen LogP contribution in [0, 0.1) is 5.92 Å². The van der Waals surface area contributed by atoms with Gasteiger partial charge in [0.15, 0.2) is 0 Å². The van der Waals surface area contributed by atoms with Crippen molar-refractivity contribution in [1.82, 2.24) is 0 Å². The molecule has 0 saturated heterocycles. The van der Waals surface area contributed by atoms with E-state index < -0.39 is 0 Å². The predicted molar refractivity (Wildman–Crippen MR) is 260 cm³/mol. The third-order valence-corrected chi connectivity index (χ3v) is 12.9. The first-order chi connectivity index (χ1) is 30.1. The molecule has 2 heterocycles. The number of hydrogen-bond acceptors (Lipinski definition) is 2. The molecule has 0 fully saturated rings. The van der Waals surface area contributed by atoms with Gasteiger partial charge < -0.3 is 4.42 Å². The maximum Gasteiger partial charge on any atom is 0.143 e. The number of furan rings is 1. The van der Waals surface area contributed by atoms with Crippen LogP contribution in [-0.2, 0) is 0 Å². The summed E-state index contributed by atoms with van der Waals surface area (Å²) >= 11 is 0. The van der Waals surface area contributed by atoms with Gasteiger partial charge in [0, 0.05) is 33.5 Å². The number of hydrogen-bond donors (Lipinski definition) is 0. The van der Waals surface area contributed by atoms with E-state index in [0.29, 0.717) is 0 Å². The maximum absolute atomic E-state index is 6.72. The molecular weight excluding hydrogens is 739 g/mol. The minimum atomic E-state index is 0.182. The van der Waals surface area contributed by atoms with Gasteiger partial charge in [-0.15, -0.1) is 0 Å². The van der Waals surface area contributed by atoms with Gasteiger partial charge >= 0.3 is 0 Å². The largest absolute Gasteiger partial charge is 0.455 e. The molecule has 9 aromatic carbocycles. The smallest absolute Gasteiger partial charge is 0.143 e. The topological polar surface area (TPSA) is 25.5 Å². The molecule has 0 saturated carbocycles. The molecule has 0 spiro atoms. The number of allylic oxidation sites excluding steroid dienone is 3. The highest BCUT2D eigenvalue weighted by Crippen LogP contribution is 2.45. The molecule has 1 aliphatic rings. The zero-order valence-corrected chi connectivity index (χ0v) is 34.5. The van der Waals surface area contributed by atoms with Crippen LogP contribution in [0.2, 0.25) is 0 Å². The minimum absolute atomic E-state index is 0.182. The molecule has 1 atom stereocenters. The van der Waals surface area contributed by atoms with E-state index in [1.807, 2.05) is 0 Å². The van der Waals surface area contributed by atoms with Gasteiger partial charge in [-0.05, 0) is 110 Å². The third kappa shape index (κ3) is 6.47. The van der Waals surface area contributed by atoms with Crippen LogP contribution in [0.4, 0.5) is 0 Å². The van der Waals surface area contributed by atoms with E-state index in [2.05, 4.69) is 208 Å². The average molecular weight is 784 g/mol. The van der Waals surface area contributed by atoms with E-state index >= 15 is 0 Å². The van der Waals surface area contributed by atoms with Crippen molar-refractivity contribution >= 4 is 71.2 Å². The van der Waals surface area contributed by atoms with Crippen LogP contribution < -0.4 is 0 Å². The normalized spacial score (nSPS) is 15.8. The Hall–Kier alpha value is -7.29. The number of rotatable bonds is 6. The molecule has 0 aliphatic carbocycles. The zero-order valence-electron chi connectivity index (χ0n) is 34.5. The number of fused-ring (bicyclic) bond motifs is 7. The van der Waals surface area contributed by atoms with Gasteiger partial charge in [0.05, 0.1) is 5.70 Å². The fourth-order valence-corrected chi connectivity index (χ4v) is 9.88. The van der Waals surface area contributed by atoms with Crippen molar-refractivity contribution in [3.8, 4) is 22.3 Å². The molecule has 292 valence electrons. The number of aliphatic imine (C=N–C) groups is 1. The minimum Gasteiger partial charge on any atom is -0.455 e. The Labute approximate surface area is 356 Å². The van der Waals surface area contributed by atoms with Crippen molar-refractivity contribution in [2.24, 2.45) is 10.9 Å². The Morgan fingerprint density at radius 1 is 0.492 bits per heavy atom. The summed E-state index contributed by atoms with van der Waals surface area (Å²) in [7, 11) is 0. The first-order valence-electron chi connectivity index (χ1n) is 21.6. The van der Waals surface area contributed by atoms with E-state index in [9.17, 15) is 0 Å². The van der Waals surface area contributed by atoms with Gasteiger partial charge in [-0.1, -0.05) is 188 Å². The van der Waals surface area contributed by atoms with Crippen LogP contribution in [-0.4, -0.2) is 5.71 Å². The van der Waals surface area contributed by atoms with Crippen LogP contribution in [0.25, 0.3) is 87.8 Å². The first kappa shape index (κ1) is 36.8. The summed E-state index contributed by atoms with van der Waals surface area (Å²) < 4.78 is 6.72. The molecule has 0 amide bonds. The molecule has 0 bridgehead atoms. The summed E-state index contributed by atoms with van der Waals surface area (Å²) in [5.41, 5.74) is 15.0. The SMILES string of the molecule is CCC1/C=C(/c2cccc3c(-c4ccc(-c5ccccc5)c5oc6ccccc6c45)cccc23)N=C(c2ccc3ccc4ccccc4c3c2)CCC(C)=C1c1ccccc1. The van der Waals surface area contributed by atoms with Gasteiger partial charge in [-0.25, -0.2) is 0 Å². The summed E-state index contributed by atoms with van der Waals surface area (Å²) in [6, 6.07) is 68.2. The van der Waals surface area contributed by atoms with Gasteiger partial charge in [-0.2, -0.15) is 0 Å². The second kappa shape index (κ2) is 15.4. The molecule has 11 rings (SSSR count). The zero-order chi connectivity index (χ0) is 40.9. The fraction of sp³-hybridized carbons (Fsp3) is 0.102. The molecule has 2 heteroatoms. The molecule has 0 N–H and O–H groups in total. The molecule has 10 aromatic rings. The lowest BCUT2D eigenvalue weighted by Gasteiger charge is -2.20. The van der Waals surface area contributed by atoms with Crippen LogP contribution in [0.1, 0.15) is 49.8 Å². The molecule has 0 radical (unpaired) electrons. The van der Waals surface area contributed by atoms with E-state index in [1.165, 1.54) is 60.2 Å². The van der Waals surface area contributed by atoms with E-state index in [4.69, 9.17) is 9.41 Å². The molecule has 61 heavy (non-hydrogen) atoms. The lowest BCUT2D eigenvalue weighted by atomic mass is 9.84. The Kier molecular flexibility index (Phi) is 9.27. The van der Waals surface area contributed by atoms with E-state index in [-0.39, 0.29) is 5.92 Å². The van der Waals surface area contributed by atoms with Crippen molar-refractivity contribution in [2.75, 3.05) is 0 Å². The number of nitrogens with zero attached hydrogens (tertiary/aromatic N) is 1. The molecule has 2 nitrogen and oxygen atoms in total. The lowest BCUT2D eigenvalue weighted by molar-refractivity contribution is 0.670. The van der Waals surface area contributed by atoms with Crippen molar-refractivity contribution in [1.29, 1.82) is 0 Å². The van der Waals surface area contributed by atoms with Gasteiger partial charge in [0.2, 0.25) is 0 Å². The van der Waals surface area contributed by atoms with E-state index in [0.717, 1.165) is 74.9 Å². The highest BCUT2D eigenvalue weighted by molar-refractivity contribution is 6.19. The van der Waals surface area contributed by atoms with Crippen LogP contribution in [0.5, 0.6) is 0 Å². The summed E-state index contributed by atoms with van der Waals surface area (Å²) in [5, 5.41) is 9.67. The van der Waals surface area contributed by atoms with Gasteiger partial charge in [0.25, 0.3) is 0 Å². The molecule has 1 aliphatic heterocycles. The number of para-hydroxylation sites is 1. The van der Waals surface area contributed by atoms with Crippen molar-refractivity contribution < 1.29 is 4.42 Å². The van der Waals surface area contributed by atoms with Crippen LogP contribution >= 0.6 is 0 Å². The second-order valence-electron chi connectivity index (χ2n) is 16.4. The Bertz CT molecular complexity index is 3400. The molecule has 1 unspecified atom stereocenters. The van der Waals surface area contributed by atoms with Crippen LogP contribution in [0.15, 0.2) is 209 Å². The van der Waals surface area contributed by atoms with Gasteiger partial charge in [-0.3, -0.25) is 4.99 Å². The standard InChI is InChI=1S/C59H45NO/c1-3-39-37-55(60-54(35-28-38(2)57(39)43-19-8-5-9-20-43)44-32-31-42-30-29-41-18-10-11-21-45(41)53(42)36-44)50-26-15-23-47-48(50)24-14-25-49(47)51-34-33-46(40-16-6-4-7-17-40)59-58(51)52-22-12-13-27-56(52)61-59/h4-27,29-34,36-37,39H,3,28,35H2,1-2H3/b55-37-,57-38?,60-54?. The monoisotopic (exact) mass is 783 g/mol. The highest BCUT2D eigenvalue weighted by Gasteiger charge is 2.23. The number of benzene rings is 9. The first-order valence-corrected chi connectivity index (χ1v) is 21.6. The van der Waals surface area contributed by atoms with Crippen molar-refractivity contribution in [3.63, 3.8) is 0 Å². The average Bonchev–Trinajstić information content (AvgIpc) is 3.74. The maximum atomic E-state index is 6.72. The van der Waals surface area contributed by atoms with Crippen molar-refractivity contribution in [3.05, 3.63) is 216 Å². The van der Waals surface area contributed by atoms with Gasteiger partial charge in [0.1, 0.15) is 11.2 Å². The van der Waals surface area contributed by atoms with Crippen molar-refractivity contribution in [2.45, 2.75) is 33.1 Å². The quantitative estimate of drug-likeness (QED) is 0.154. The summed E-state index contributed by atoms with van der Waals surface area (Å²) in [4.78, 5) is 5.80. The summed E-state index contributed by atoms with van der Waals surface area (Å²) in [5.74, 6) is 0.182. The Morgan fingerprint density at radius 2 is 1.11 bits per heavy atom. The third-order valence-electron chi connectivity index (χ3n) is 12.9.